The molecule has 0 unspecified atom stereocenters. The van der Waals surface area contributed by atoms with Crippen LogP contribution in [0.4, 0.5) is 11.8 Å². The van der Waals surface area contributed by atoms with Crippen LogP contribution in [0.1, 0.15) is 55.3 Å². The molecular weight excluding hydrogens is 529 g/mol. The van der Waals surface area contributed by atoms with Crippen molar-refractivity contribution < 1.29 is 9.84 Å². The van der Waals surface area contributed by atoms with Crippen molar-refractivity contribution in [3.63, 3.8) is 0 Å². The molecule has 7 nitrogen and oxygen atoms in total. The number of methoxy groups -OCH3 is 1. The minimum absolute atomic E-state index is 0.216. The molecule has 4 rings (SSSR count). The molecular formula is C25H36IN5O2. The van der Waals surface area contributed by atoms with Crippen molar-refractivity contribution in [2.75, 3.05) is 38.0 Å². The highest BCUT2D eigenvalue weighted by atomic mass is 127. The van der Waals surface area contributed by atoms with Gasteiger partial charge in [-0.05, 0) is 104 Å². The van der Waals surface area contributed by atoms with Crippen LogP contribution >= 0.6 is 22.6 Å². The molecule has 0 radical (unpaired) electrons. The summed E-state index contributed by atoms with van der Waals surface area (Å²) >= 11 is 2.14. The monoisotopic (exact) mass is 565 g/mol. The predicted octanol–water partition coefficient (Wildman–Crippen LogP) is 4.50. The van der Waals surface area contributed by atoms with Gasteiger partial charge < -0.3 is 25.4 Å². The van der Waals surface area contributed by atoms with E-state index in [4.69, 9.17) is 14.7 Å². The molecule has 1 heterocycles. The average Bonchev–Trinajstić information content (AvgIpc) is 2.81. The standard InChI is InChI=1S/C25H36IN5O2/c1-31(2)24-19-6-4-5-7-21(19)29-25(30-24)28-18-10-8-16(9-11-18)14-27-15-17-12-20(26)23(32)22(13-17)33-3/h12-13,16,18,27,32H,4-11,14-15H2,1-3H3,(H,28,29,30)/t16-,18+. The maximum Gasteiger partial charge on any atom is 0.225 e. The van der Waals surface area contributed by atoms with Gasteiger partial charge in [0.15, 0.2) is 11.5 Å². The number of hydrogen-bond acceptors (Lipinski definition) is 7. The van der Waals surface area contributed by atoms with Gasteiger partial charge in [0.1, 0.15) is 5.82 Å². The maximum absolute atomic E-state index is 10.0. The first-order chi connectivity index (χ1) is 15.9. The van der Waals surface area contributed by atoms with Gasteiger partial charge >= 0.3 is 0 Å². The lowest BCUT2D eigenvalue weighted by molar-refractivity contribution is 0.323. The van der Waals surface area contributed by atoms with E-state index in [-0.39, 0.29) is 5.75 Å². The summed E-state index contributed by atoms with van der Waals surface area (Å²) in [6.45, 7) is 1.79. The zero-order valence-corrected chi connectivity index (χ0v) is 22.1. The van der Waals surface area contributed by atoms with Crippen LogP contribution in [0, 0.1) is 9.49 Å². The third-order valence-electron chi connectivity index (χ3n) is 6.84. The molecule has 0 bridgehead atoms. The number of halogens is 1. The SMILES string of the molecule is COc1cc(CNC[C@H]2CC[C@@H](Nc3nc4c(c(N(C)C)n3)CCCC4)CC2)cc(I)c1O. The summed E-state index contributed by atoms with van der Waals surface area (Å²) in [4.78, 5) is 11.9. The van der Waals surface area contributed by atoms with Crippen molar-refractivity contribution in [3.8, 4) is 11.5 Å². The highest BCUT2D eigenvalue weighted by Crippen LogP contribution is 2.33. The highest BCUT2D eigenvalue weighted by molar-refractivity contribution is 14.1. The number of ether oxygens (including phenoxy) is 1. The summed E-state index contributed by atoms with van der Waals surface area (Å²) in [5, 5.41) is 17.3. The molecule has 1 saturated carbocycles. The molecule has 0 amide bonds. The van der Waals surface area contributed by atoms with Crippen LogP contribution in [0.3, 0.4) is 0 Å². The fourth-order valence-electron chi connectivity index (χ4n) is 5.01. The summed E-state index contributed by atoms with van der Waals surface area (Å²) in [5.41, 5.74) is 3.71. The first-order valence-electron chi connectivity index (χ1n) is 12.0. The van der Waals surface area contributed by atoms with E-state index in [9.17, 15) is 5.11 Å². The van der Waals surface area contributed by atoms with Crippen molar-refractivity contribution in [2.45, 2.75) is 64.0 Å². The first kappa shape index (κ1) is 24.3. The number of aromatic nitrogens is 2. The van der Waals surface area contributed by atoms with Crippen LogP contribution in [0.15, 0.2) is 12.1 Å². The smallest absolute Gasteiger partial charge is 0.225 e. The Morgan fingerprint density at radius 1 is 1.12 bits per heavy atom. The molecule has 0 spiro atoms. The Hall–Kier alpha value is -1.81. The number of rotatable bonds is 8. The second-order valence-electron chi connectivity index (χ2n) is 9.52. The summed E-state index contributed by atoms with van der Waals surface area (Å²) < 4.78 is 6.09. The number of phenolic OH excluding ortho intramolecular Hbond substituents is 1. The van der Waals surface area contributed by atoms with Gasteiger partial charge in [0.05, 0.1) is 16.4 Å². The minimum atomic E-state index is 0.216. The average molecular weight is 566 g/mol. The number of anilines is 2. The van der Waals surface area contributed by atoms with Gasteiger partial charge in [-0.1, -0.05) is 0 Å². The lowest BCUT2D eigenvalue weighted by Crippen LogP contribution is -2.32. The Bertz CT molecular complexity index is 960. The van der Waals surface area contributed by atoms with Gasteiger partial charge in [-0.3, -0.25) is 0 Å². The van der Waals surface area contributed by atoms with E-state index in [1.807, 2.05) is 12.1 Å². The van der Waals surface area contributed by atoms with Crippen LogP contribution in [0.5, 0.6) is 11.5 Å². The Morgan fingerprint density at radius 3 is 2.61 bits per heavy atom. The van der Waals surface area contributed by atoms with Gasteiger partial charge in [-0.15, -0.1) is 0 Å². The lowest BCUT2D eigenvalue weighted by Gasteiger charge is -2.30. The number of phenols is 1. The molecule has 0 aliphatic heterocycles. The number of benzene rings is 1. The largest absolute Gasteiger partial charge is 0.504 e. The van der Waals surface area contributed by atoms with E-state index in [2.05, 4.69) is 52.2 Å². The van der Waals surface area contributed by atoms with E-state index in [0.717, 1.165) is 59.7 Å². The summed E-state index contributed by atoms with van der Waals surface area (Å²) in [7, 11) is 5.74. The number of aromatic hydroxyl groups is 1. The van der Waals surface area contributed by atoms with E-state index in [1.54, 1.807) is 7.11 Å². The number of aryl methyl sites for hydroxylation is 1. The molecule has 2 aliphatic rings. The Balaban J connectivity index is 1.27. The molecule has 3 N–H and O–H groups in total. The zero-order valence-electron chi connectivity index (χ0n) is 20.0. The van der Waals surface area contributed by atoms with Gasteiger partial charge in [0.25, 0.3) is 0 Å². The van der Waals surface area contributed by atoms with Gasteiger partial charge in [0.2, 0.25) is 5.95 Å². The lowest BCUT2D eigenvalue weighted by atomic mass is 9.86. The third kappa shape index (κ3) is 6.01. The van der Waals surface area contributed by atoms with Crippen molar-refractivity contribution in [1.82, 2.24) is 15.3 Å². The fraction of sp³-hybridized carbons (Fsp3) is 0.600. The van der Waals surface area contributed by atoms with Gasteiger partial charge in [-0.25, -0.2) is 4.98 Å². The van der Waals surface area contributed by atoms with E-state index >= 15 is 0 Å². The van der Waals surface area contributed by atoms with Crippen LogP contribution in [-0.4, -0.2) is 48.9 Å². The quantitative estimate of drug-likeness (QED) is 0.407. The highest BCUT2D eigenvalue weighted by Gasteiger charge is 2.24. The Labute approximate surface area is 210 Å². The second kappa shape index (κ2) is 11.1. The Kier molecular flexibility index (Phi) is 8.16. The molecule has 180 valence electrons. The predicted molar refractivity (Wildman–Crippen MR) is 141 cm³/mol. The number of nitrogens with zero attached hydrogens (tertiary/aromatic N) is 3. The molecule has 0 atom stereocenters. The molecule has 1 aromatic carbocycles. The molecule has 1 aromatic heterocycles. The van der Waals surface area contributed by atoms with Gasteiger partial charge in [-0.2, -0.15) is 4.98 Å². The van der Waals surface area contributed by atoms with Crippen LogP contribution < -0.4 is 20.3 Å². The van der Waals surface area contributed by atoms with Crippen molar-refractivity contribution in [2.24, 2.45) is 5.92 Å². The van der Waals surface area contributed by atoms with Crippen molar-refractivity contribution in [3.05, 3.63) is 32.5 Å². The molecule has 0 saturated heterocycles. The number of hydrogen-bond donors (Lipinski definition) is 3. The molecule has 33 heavy (non-hydrogen) atoms. The fourth-order valence-corrected chi connectivity index (χ4v) is 5.67. The number of nitrogens with one attached hydrogen (secondary N) is 2. The topological polar surface area (TPSA) is 82.5 Å². The summed E-state index contributed by atoms with van der Waals surface area (Å²) in [5.74, 6) is 3.32. The van der Waals surface area contributed by atoms with E-state index < -0.39 is 0 Å². The van der Waals surface area contributed by atoms with Crippen molar-refractivity contribution in [1.29, 1.82) is 0 Å². The summed E-state index contributed by atoms with van der Waals surface area (Å²) in [6, 6.07) is 4.36. The molecule has 8 heteroatoms. The normalized spacial score (nSPS) is 20.2. The van der Waals surface area contributed by atoms with Crippen LogP contribution in [-0.2, 0) is 19.4 Å². The molecule has 2 aromatic rings. The maximum atomic E-state index is 10.0. The zero-order chi connectivity index (χ0) is 23.4. The minimum Gasteiger partial charge on any atom is -0.504 e. The number of fused-ring (bicyclic) bond motifs is 1. The summed E-state index contributed by atoms with van der Waals surface area (Å²) in [6.07, 6.45) is 9.32. The molecule has 2 aliphatic carbocycles. The molecule has 1 fully saturated rings. The first-order valence-corrected chi connectivity index (χ1v) is 13.1. The van der Waals surface area contributed by atoms with E-state index in [0.29, 0.717) is 17.7 Å². The van der Waals surface area contributed by atoms with Crippen molar-refractivity contribution >= 4 is 34.4 Å². The van der Waals surface area contributed by atoms with E-state index in [1.165, 1.54) is 36.9 Å². The van der Waals surface area contributed by atoms with Crippen LogP contribution in [0.25, 0.3) is 0 Å². The second-order valence-corrected chi connectivity index (χ2v) is 10.7. The van der Waals surface area contributed by atoms with Gasteiger partial charge in [0, 0.05) is 32.2 Å². The third-order valence-corrected chi connectivity index (χ3v) is 7.66. The van der Waals surface area contributed by atoms with Crippen LogP contribution in [0.2, 0.25) is 0 Å². The Morgan fingerprint density at radius 2 is 1.88 bits per heavy atom.